The largest absolute Gasteiger partial charge is 0.353 e. The quantitative estimate of drug-likeness (QED) is 0.406. The average molecular weight is 406 g/mol. The number of imidazole rings is 1. The number of nitrogens with zero attached hydrogens (tertiary/aromatic N) is 4. The van der Waals surface area contributed by atoms with E-state index in [4.69, 9.17) is 0 Å². The van der Waals surface area contributed by atoms with Gasteiger partial charge in [0.2, 0.25) is 0 Å². The number of benzene rings is 2. The van der Waals surface area contributed by atoms with Gasteiger partial charge in [-0.3, -0.25) is 10.1 Å². The molecule has 3 aromatic heterocycles. The van der Waals surface area contributed by atoms with E-state index in [-0.39, 0.29) is 0 Å². The molecule has 0 fully saturated rings. The third-order valence-corrected chi connectivity index (χ3v) is 5.90. The summed E-state index contributed by atoms with van der Waals surface area (Å²) in [4.78, 5) is 12.6. The molecule has 0 radical (unpaired) electrons. The molecule has 4 heterocycles. The Morgan fingerprint density at radius 2 is 2.00 bits per heavy atom. The Morgan fingerprint density at radius 3 is 2.81 bits per heavy atom. The number of aliphatic imine (C=N–C) groups is 1. The highest BCUT2D eigenvalue weighted by Gasteiger charge is 2.15. The van der Waals surface area contributed by atoms with Crippen molar-refractivity contribution in [1.29, 1.82) is 0 Å². The van der Waals surface area contributed by atoms with Crippen LogP contribution in [0.25, 0.3) is 44.6 Å². The Balaban J connectivity index is 1.48. The molecule has 0 saturated heterocycles. The Kier molecular flexibility index (Phi) is 3.93. The van der Waals surface area contributed by atoms with Gasteiger partial charge in [-0.2, -0.15) is 5.10 Å². The molecule has 6 rings (SSSR count). The van der Waals surface area contributed by atoms with Crippen LogP contribution in [0.15, 0.2) is 66.1 Å². The van der Waals surface area contributed by atoms with E-state index < -0.39 is 0 Å². The first kappa shape index (κ1) is 17.9. The molecule has 2 aromatic carbocycles. The number of H-pyrrole nitrogens is 2. The summed E-state index contributed by atoms with van der Waals surface area (Å²) in [5.74, 6) is 0.497. The van der Waals surface area contributed by atoms with Crippen LogP contribution in [0.5, 0.6) is 0 Å². The minimum atomic E-state index is 0.497. The van der Waals surface area contributed by atoms with Crippen LogP contribution in [0.2, 0.25) is 0 Å². The third kappa shape index (κ3) is 2.99. The summed E-state index contributed by atoms with van der Waals surface area (Å²) < 4.78 is 2.06. The number of aromatic amines is 2. The SMILES string of the molecule is Cc1cn(-c2cccc3[nH]c(-c4n[nH]c5ccc(C6=CCC(C)C=N6)cc45)cc23)cn1. The van der Waals surface area contributed by atoms with Gasteiger partial charge in [-0.1, -0.05) is 25.1 Å². The van der Waals surface area contributed by atoms with Crippen molar-refractivity contribution in [2.24, 2.45) is 10.9 Å². The van der Waals surface area contributed by atoms with E-state index in [0.717, 1.165) is 62.3 Å². The number of hydrogen-bond donors (Lipinski definition) is 2. The average Bonchev–Trinajstić information content (AvgIpc) is 3.50. The third-order valence-electron chi connectivity index (χ3n) is 5.90. The van der Waals surface area contributed by atoms with Gasteiger partial charge in [0.15, 0.2) is 0 Å². The summed E-state index contributed by atoms with van der Waals surface area (Å²) >= 11 is 0. The van der Waals surface area contributed by atoms with Crippen LogP contribution in [-0.4, -0.2) is 30.9 Å². The van der Waals surface area contributed by atoms with E-state index in [0.29, 0.717) is 5.92 Å². The van der Waals surface area contributed by atoms with E-state index in [1.165, 1.54) is 0 Å². The standard InChI is InChI=1S/C25H22N6/c1-15-6-8-20(26-12-15)17-7-9-22-19(10-17)25(30-29-22)23-11-18-21(28-23)4-3-5-24(18)31-13-16(2)27-14-31/h3-5,7-15,28H,6H2,1-2H3,(H,29,30). The smallest absolute Gasteiger partial charge is 0.116 e. The summed E-state index contributed by atoms with van der Waals surface area (Å²) in [6.45, 7) is 4.18. The molecule has 152 valence electrons. The summed E-state index contributed by atoms with van der Waals surface area (Å²) in [7, 11) is 0. The lowest BCUT2D eigenvalue weighted by atomic mass is 10.0. The summed E-state index contributed by atoms with van der Waals surface area (Å²) in [6, 6.07) is 14.8. The Labute approximate surface area is 179 Å². The molecule has 0 saturated carbocycles. The lowest BCUT2D eigenvalue weighted by molar-refractivity contribution is 0.799. The highest BCUT2D eigenvalue weighted by molar-refractivity contribution is 5.99. The van der Waals surface area contributed by atoms with Gasteiger partial charge in [-0.05, 0) is 49.6 Å². The number of allylic oxidation sites excluding steroid dienone is 1. The predicted molar refractivity (Wildman–Crippen MR) is 125 cm³/mol. The van der Waals surface area contributed by atoms with Crippen molar-refractivity contribution in [2.45, 2.75) is 20.3 Å². The Hall–Kier alpha value is -3.93. The van der Waals surface area contributed by atoms with Gasteiger partial charge in [0, 0.05) is 34.3 Å². The zero-order valence-electron chi connectivity index (χ0n) is 17.4. The lowest BCUT2D eigenvalue weighted by Crippen LogP contribution is -1.99. The number of aryl methyl sites for hydroxylation is 1. The number of hydrogen-bond acceptors (Lipinski definition) is 3. The molecule has 2 N–H and O–H groups in total. The van der Waals surface area contributed by atoms with E-state index in [2.05, 4.69) is 85.2 Å². The van der Waals surface area contributed by atoms with Gasteiger partial charge < -0.3 is 9.55 Å². The molecule has 6 nitrogen and oxygen atoms in total. The van der Waals surface area contributed by atoms with Crippen LogP contribution in [0.1, 0.15) is 24.6 Å². The second kappa shape index (κ2) is 6.80. The molecule has 31 heavy (non-hydrogen) atoms. The minimum absolute atomic E-state index is 0.497. The van der Waals surface area contributed by atoms with Gasteiger partial charge in [0.1, 0.15) is 5.69 Å². The molecular formula is C25H22N6. The fourth-order valence-corrected chi connectivity index (χ4v) is 4.23. The van der Waals surface area contributed by atoms with Crippen molar-refractivity contribution < 1.29 is 0 Å². The Morgan fingerprint density at radius 1 is 1.06 bits per heavy atom. The molecule has 0 aliphatic carbocycles. The van der Waals surface area contributed by atoms with Gasteiger partial charge in [-0.15, -0.1) is 0 Å². The minimum Gasteiger partial charge on any atom is -0.353 e. The van der Waals surface area contributed by atoms with Gasteiger partial charge in [0.05, 0.1) is 34.6 Å². The first-order chi connectivity index (χ1) is 15.2. The summed E-state index contributed by atoms with van der Waals surface area (Å²) in [5, 5.41) is 10.0. The normalized spacial score (nSPS) is 16.3. The summed E-state index contributed by atoms with van der Waals surface area (Å²) in [5.41, 5.74) is 8.21. The number of aromatic nitrogens is 5. The van der Waals surface area contributed by atoms with Gasteiger partial charge in [-0.25, -0.2) is 4.98 Å². The maximum Gasteiger partial charge on any atom is 0.116 e. The van der Waals surface area contributed by atoms with Crippen LogP contribution < -0.4 is 0 Å². The van der Waals surface area contributed by atoms with Crippen LogP contribution in [-0.2, 0) is 0 Å². The fourth-order valence-electron chi connectivity index (χ4n) is 4.23. The van der Waals surface area contributed by atoms with E-state index in [9.17, 15) is 0 Å². The maximum atomic E-state index is 4.65. The van der Waals surface area contributed by atoms with E-state index in [1.54, 1.807) is 0 Å². The zero-order chi connectivity index (χ0) is 20.9. The van der Waals surface area contributed by atoms with Crippen LogP contribution in [0.4, 0.5) is 0 Å². The van der Waals surface area contributed by atoms with Crippen LogP contribution in [0.3, 0.4) is 0 Å². The first-order valence-electron chi connectivity index (χ1n) is 10.5. The van der Waals surface area contributed by atoms with E-state index in [1.807, 2.05) is 25.7 Å². The second-order valence-electron chi connectivity index (χ2n) is 8.26. The molecule has 0 spiro atoms. The molecule has 1 aliphatic rings. The number of nitrogens with one attached hydrogen (secondary N) is 2. The molecule has 1 unspecified atom stereocenters. The van der Waals surface area contributed by atoms with Crippen LogP contribution in [0, 0.1) is 12.8 Å². The van der Waals surface area contributed by atoms with Crippen molar-refractivity contribution in [3.8, 4) is 17.1 Å². The lowest BCUT2D eigenvalue weighted by Gasteiger charge is -2.11. The zero-order valence-corrected chi connectivity index (χ0v) is 17.4. The first-order valence-corrected chi connectivity index (χ1v) is 10.5. The monoisotopic (exact) mass is 406 g/mol. The molecule has 0 bridgehead atoms. The van der Waals surface area contributed by atoms with E-state index >= 15 is 0 Å². The molecule has 1 aliphatic heterocycles. The predicted octanol–water partition coefficient (Wildman–Crippen LogP) is 5.66. The van der Waals surface area contributed by atoms with Crippen molar-refractivity contribution in [3.63, 3.8) is 0 Å². The molecule has 0 amide bonds. The van der Waals surface area contributed by atoms with Crippen LogP contribution >= 0.6 is 0 Å². The van der Waals surface area contributed by atoms with Gasteiger partial charge in [0.25, 0.3) is 0 Å². The number of fused-ring (bicyclic) bond motifs is 2. The van der Waals surface area contributed by atoms with Crippen molar-refractivity contribution in [1.82, 2.24) is 24.7 Å². The fraction of sp³-hybridized carbons (Fsp3) is 0.160. The van der Waals surface area contributed by atoms with Crippen molar-refractivity contribution in [2.75, 3.05) is 0 Å². The highest BCUT2D eigenvalue weighted by Crippen LogP contribution is 2.33. The van der Waals surface area contributed by atoms with Crippen molar-refractivity contribution >= 4 is 33.7 Å². The van der Waals surface area contributed by atoms with Crippen molar-refractivity contribution in [3.05, 3.63) is 72.3 Å². The molecular weight excluding hydrogens is 384 g/mol. The molecule has 5 aromatic rings. The molecule has 6 heteroatoms. The highest BCUT2D eigenvalue weighted by atomic mass is 15.1. The second-order valence-corrected chi connectivity index (χ2v) is 8.26. The van der Waals surface area contributed by atoms with Gasteiger partial charge >= 0.3 is 0 Å². The number of rotatable bonds is 3. The topological polar surface area (TPSA) is 74.7 Å². The maximum absolute atomic E-state index is 4.65. The molecule has 1 atom stereocenters. The summed E-state index contributed by atoms with van der Waals surface area (Å²) in [6.07, 6.45) is 9.16. The Bertz CT molecular complexity index is 1490.